The average molecular weight is 936 g/mol. The highest BCUT2D eigenvalue weighted by Crippen LogP contribution is 2.16. The van der Waals surface area contributed by atoms with Gasteiger partial charge in [0.15, 0.2) is 6.10 Å². The highest BCUT2D eigenvalue weighted by Gasteiger charge is 2.19. The van der Waals surface area contributed by atoms with E-state index >= 15 is 0 Å². The summed E-state index contributed by atoms with van der Waals surface area (Å²) >= 11 is 0. The molecule has 0 saturated heterocycles. The Labute approximate surface area is 414 Å². The van der Waals surface area contributed by atoms with E-state index in [1.165, 1.54) is 128 Å². The third-order valence-electron chi connectivity index (χ3n) is 12.2. The van der Waals surface area contributed by atoms with Crippen LogP contribution in [-0.4, -0.2) is 37.2 Å². The molecule has 0 aromatic heterocycles. The third kappa shape index (κ3) is 53.7. The first-order chi connectivity index (χ1) is 33.0. The lowest BCUT2D eigenvalue weighted by Crippen LogP contribution is -2.30. The van der Waals surface area contributed by atoms with Crippen molar-refractivity contribution in [2.75, 3.05) is 13.2 Å². The first kappa shape index (κ1) is 63.8. The summed E-state index contributed by atoms with van der Waals surface area (Å²) in [4.78, 5) is 38.1. The summed E-state index contributed by atoms with van der Waals surface area (Å²) in [6.45, 7) is 6.47. The van der Waals surface area contributed by atoms with Crippen LogP contribution in [0, 0.1) is 0 Å². The summed E-state index contributed by atoms with van der Waals surface area (Å²) < 4.78 is 16.8. The van der Waals surface area contributed by atoms with Gasteiger partial charge in [0.05, 0.1) is 0 Å². The highest BCUT2D eigenvalue weighted by molar-refractivity contribution is 5.71. The second kappa shape index (κ2) is 55.4. The number of hydrogen-bond acceptors (Lipinski definition) is 6. The van der Waals surface area contributed by atoms with E-state index in [2.05, 4.69) is 93.7 Å². The van der Waals surface area contributed by atoms with Gasteiger partial charge in [-0.2, -0.15) is 0 Å². The number of hydrogen-bond donors (Lipinski definition) is 0. The summed E-state index contributed by atoms with van der Waals surface area (Å²) in [6, 6.07) is 0. The molecule has 0 aliphatic heterocycles. The summed E-state index contributed by atoms with van der Waals surface area (Å²) in [7, 11) is 0. The van der Waals surface area contributed by atoms with Crippen LogP contribution >= 0.6 is 0 Å². The van der Waals surface area contributed by atoms with E-state index in [1.807, 2.05) is 0 Å². The minimum Gasteiger partial charge on any atom is -0.462 e. The topological polar surface area (TPSA) is 78.9 Å². The van der Waals surface area contributed by atoms with E-state index in [-0.39, 0.29) is 31.1 Å². The predicted molar refractivity (Wildman–Crippen MR) is 288 cm³/mol. The Kier molecular flexibility index (Phi) is 52.8. The minimum atomic E-state index is -0.781. The van der Waals surface area contributed by atoms with E-state index in [0.29, 0.717) is 19.3 Å². The first-order valence-corrected chi connectivity index (χ1v) is 28.4. The van der Waals surface area contributed by atoms with E-state index in [4.69, 9.17) is 14.2 Å². The van der Waals surface area contributed by atoms with Crippen molar-refractivity contribution < 1.29 is 28.6 Å². The van der Waals surface area contributed by atoms with Crippen LogP contribution in [0.1, 0.15) is 278 Å². The molecule has 1 atom stereocenters. The fourth-order valence-corrected chi connectivity index (χ4v) is 7.94. The maximum atomic E-state index is 12.8. The van der Waals surface area contributed by atoms with Gasteiger partial charge in [-0.3, -0.25) is 14.4 Å². The van der Waals surface area contributed by atoms with Gasteiger partial charge in [-0.25, -0.2) is 0 Å². The van der Waals surface area contributed by atoms with Crippen LogP contribution in [0.5, 0.6) is 0 Å². The van der Waals surface area contributed by atoms with Gasteiger partial charge in [0, 0.05) is 19.3 Å². The van der Waals surface area contributed by atoms with E-state index < -0.39 is 6.10 Å². The average Bonchev–Trinajstić information content (AvgIpc) is 3.33. The molecule has 0 bridgehead atoms. The summed E-state index contributed by atoms with van der Waals surface area (Å²) in [5.74, 6) is -0.894. The molecular weight excluding hydrogens is 829 g/mol. The van der Waals surface area contributed by atoms with Crippen molar-refractivity contribution in [2.24, 2.45) is 0 Å². The molecule has 6 heteroatoms. The molecule has 386 valence electrons. The van der Waals surface area contributed by atoms with Crippen molar-refractivity contribution in [3.63, 3.8) is 0 Å². The quantitative estimate of drug-likeness (QED) is 0.0262. The van der Waals surface area contributed by atoms with Crippen LogP contribution in [0.3, 0.4) is 0 Å². The zero-order chi connectivity index (χ0) is 48.6. The molecule has 1 unspecified atom stereocenters. The maximum Gasteiger partial charge on any atom is 0.306 e. The number of rotatable bonds is 51. The molecule has 0 radical (unpaired) electrons. The summed E-state index contributed by atoms with van der Waals surface area (Å²) in [6.07, 6.45) is 70.4. The smallest absolute Gasteiger partial charge is 0.306 e. The monoisotopic (exact) mass is 935 g/mol. The van der Waals surface area contributed by atoms with Crippen LogP contribution in [0.25, 0.3) is 0 Å². The van der Waals surface area contributed by atoms with Crippen LogP contribution in [-0.2, 0) is 28.6 Å². The Morgan fingerprint density at radius 3 is 0.985 bits per heavy atom. The van der Waals surface area contributed by atoms with Crippen molar-refractivity contribution in [3.8, 4) is 0 Å². The third-order valence-corrected chi connectivity index (χ3v) is 12.2. The van der Waals surface area contributed by atoms with Crippen LogP contribution in [0.2, 0.25) is 0 Å². The van der Waals surface area contributed by atoms with E-state index in [9.17, 15) is 14.4 Å². The summed E-state index contributed by atoms with van der Waals surface area (Å²) in [5.41, 5.74) is 0. The lowest BCUT2D eigenvalue weighted by atomic mass is 10.0. The van der Waals surface area contributed by atoms with E-state index in [1.54, 1.807) is 0 Å². The predicted octanol–water partition coefficient (Wildman–Crippen LogP) is 19.0. The van der Waals surface area contributed by atoms with Crippen molar-refractivity contribution in [2.45, 2.75) is 284 Å². The molecule has 0 amide bonds. The zero-order valence-electron chi connectivity index (χ0n) is 44.2. The number of carbonyl (C=O) groups is 3. The fraction of sp³-hybridized carbons (Fsp3) is 0.754. The van der Waals surface area contributed by atoms with Crippen LogP contribution < -0.4 is 0 Å². The Morgan fingerprint density at radius 1 is 0.313 bits per heavy atom. The number of ether oxygens (including phenoxy) is 3. The molecule has 6 nitrogen and oxygen atoms in total. The van der Waals surface area contributed by atoms with Gasteiger partial charge in [0.2, 0.25) is 0 Å². The Balaban J connectivity index is 4.30. The minimum absolute atomic E-state index is 0.0814. The van der Waals surface area contributed by atoms with Crippen molar-refractivity contribution >= 4 is 17.9 Å². The molecule has 0 saturated carbocycles. The molecular formula is C61H106O6. The highest BCUT2D eigenvalue weighted by atomic mass is 16.6. The Bertz CT molecular complexity index is 1260. The van der Waals surface area contributed by atoms with Gasteiger partial charge >= 0.3 is 17.9 Å². The molecule has 0 aliphatic rings. The largest absolute Gasteiger partial charge is 0.462 e. The number of allylic oxidation sites excluding steroid dienone is 12. The molecule has 0 aromatic rings. The van der Waals surface area contributed by atoms with E-state index in [0.717, 1.165) is 109 Å². The Hall–Kier alpha value is -3.15. The normalized spacial score (nSPS) is 12.6. The molecule has 0 N–H and O–H groups in total. The number of carbonyl (C=O) groups excluding carboxylic acids is 3. The number of unbranched alkanes of at least 4 members (excludes halogenated alkanes) is 28. The van der Waals surface area contributed by atoms with Crippen LogP contribution in [0.15, 0.2) is 72.9 Å². The second-order valence-corrected chi connectivity index (χ2v) is 18.8. The lowest BCUT2D eigenvalue weighted by molar-refractivity contribution is -0.167. The standard InChI is InChI=1S/C61H106O6/c1-4-7-10-13-16-19-22-24-26-28-29-30-31-32-33-34-36-37-39-42-45-48-51-54-60(63)66-57-58(56-65-59(62)53-50-47-44-41-21-18-15-12-9-6-3)67-61(64)55-52-49-46-43-40-38-35-27-25-23-20-17-14-11-8-5-2/h7,10,12,15-16,19,24,26,29-30,32-33,58H,4-6,8-9,11,13-14,17-18,20-23,25,27-28,31,34-57H2,1-3H3/b10-7-,15-12-,19-16-,26-24-,30-29-,33-32-. The van der Waals surface area contributed by atoms with Gasteiger partial charge in [-0.05, 0) is 83.5 Å². The molecule has 67 heavy (non-hydrogen) atoms. The van der Waals surface area contributed by atoms with Crippen molar-refractivity contribution in [3.05, 3.63) is 72.9 Å². The van der Waals surface area contributed by atoms with Gasteiger partial charge in [-0.15, -0.1) is 0 Å². The van der Waals surface area contributed by atoms with Gasteiger partial charge in [-0.1, -0.05) is 248 Å². The molecule has 0 spiro atoms. The van der Waals surface area contributed by atoms with Gasteiger partial charge < -0.3 is 14.2 Å². The molecule has 0 aromatic carbocycles. The summed E-state index contributed by atoms with van der Waals surface area (Å²) in [5, 5.41) is 0. The van der Waals surface area contributed by atoms with Crippen LogP contribution in [0.4, 0.5) is 0 Å². The maximum absolute atomic E-state index is 12.8. The zero-order valence-corrected chi connectivity index (χ0v) is 44.2. The molecule has 0 aliphatic carbocycles. The lowest BCUT2D eigenvalue weighted by Gasteiger charge is -2.18. The molecule has 0 rings (SSSR count). The van der Waals surface area contributed by atoms with Gasteiger partial charge in [0.1, 0.15) is 13.2 Å². The second-order valence-electron chi connectivity index (χ2n) is 18.8. The fourth-order valence-electron chi connectivity index (χ4n) is 7.94. The molecule has 0 fully saturated rings. The van der Waals surface area contributed by atoms with Crippen molar-refractivity contribution in [1.29, 1.82) is 0 Å². The molecule has 0 heterocycles. The Morgan fingerprint density at radius 2 is 0.612 bits per heavy atom. The van der Waals surface area contributed by atoms with Crippen molar-refractivity contribution in [1.82, 2.24) is 0 Å². The first-order valence-electron chi connectivity index (χ1n) is 28.4. The SMILES string of the molecule is CC/C=C\C/C=C\C/C=C\C/C=C\C/C=C\CCCCCCCCCC(=O)OCC(COC(=O)CCCCCCC/C=C\CCC)OC(=O)CCCCCCCCCCCCCCCCCC. The number of esters is 3. The van der Waals surface area contributed by atoms with Gasteiger partial charge in [0.25, 0.3) is 0 Å².